The van der Waals surface area contributed by atoms with Crippen molar-refractivity contribution in [3.8, 4) is 5.75 Å². The molecule has 206 valence electrons. The summed E-state index contributed by atoms with van der Waals surface area (Å²) in [6, 6.07) is 22.4. The average Bonchev–Trinajstić information content (AvgIpc) is 3.45. The Morgan fingerprint density at radius 3 is 2.38 bits per heavy atom. The Hall–Kier alpha value is -2.67. The highest BCUT2D eigenvalue weighted by atomic mass is 35.5. The van der Waals surface area contributed by atoms with Gasteiger partial charge in [-0.3, -0.25) is 9.59 Å². The number of ether oxygens (including phenoxy) is 1. The highest BCUT2D eigenvalue weighted by Gasteiger charge is 2.32. The van der Waals surface area contributed by atoms with E-state index < -0.39 is 6.04 Å². The van der Waals surface area contributed by atoms with Crippen molar-refractivity contribution in [2.24, 2.45) is 0 Å². The maximum atomic E-state index is 13.8. The molecule has 8 heteroatoms. The molecule has 0 heterocycles. The first-order valence-electron chi connectivity index (χ1n) is 13.2. The lowest BCUT2D eigenvalue weighted by molar-refractivity contribution is -0.139. The number of rotatable bonds is 12. The fraction of sp³-hybridized carbons (Fsp3) is 0.355. The van der Waals surface area contributed by atoms with Crippen LogP contribution in [0.1, 0.15) is 42.4 Å². The van der Waals surface area contributed by atoms with Crippen LogP contribution in [0.15, 0.2) is 72.8 Å². The maximum absolute atomic E-state index is 13.8. The zero-order chi connectivity index (χ0) is 27.6. The van der Waals surface area contributed by atoms with E-state index in [2.05, 4.69) is 5.32 Å². The molecule has 39 heavy (non-hydrogen) atoms. The third-order valence-electron chi connectivity index (χ3n) is 6.98. The van der Waals surface area contributed by atoms with Gasteiger partial charge in [-0.15, -0.1) is 11.8 Å². The first-order chi connectivity index (χ1) is 18.9. The van der Waals surface area contributed by atoms with Crippen LogP contribution in [0.2, 0.25) is 10.0 Å². The molecular formula is C31H34Cl2N2O3S. The molecule has 1 N–H and O–H groups in total. The molecule has 0 radical (unpaired) electrons. The number of benzene rings is 3. The third kappa shape index (κ3) is 8.66. The summed E-state index contributed by atoms with van der Waals surface area (Å²) in [7, 11) is 1.64. The van der Waals surface area contributed by atoms with Gasteiger partial charge in [-0.05, 0) is 53.8 Å². The Labute approximate surface area is 245 Å². The van der Waals surface area contributed by atoms with Gasteiger partial charge in [0.05, 0.1) is 12.9 Å². The van der Waals surface area contributed by atoms with E-state index in [1.807, 2.05) is 60.7 Å². The fourth-order valence-corrected chi connectivity index (χ4v) is 6.15. The molecule has 0 aromatic heterocycles. The second kappa shape index (κ2) is 14.6. The summed E-state index contributed by atoms with van der Waals surface area (Å²) in [4.78, 5) is 29.3. The number of hydrogen-bond acceptors (Lipinski definition) is 4. The number of amides is 2. The van der Waals surface area contributed by atoms with Gasteiger partial charge in [0.15, 0.2) is 0 Å². The topological polar surface area (TPSA) is 58.6 Å². The molecule has 1 aliphatic carbocycles. The first kappa shape index (κ1) is 29.3. The zero-order valence-electron chi connectivity index (χ0n) is 22.1. The monoisotopic (exact) mass is 584 g/mol. The van der Waals surface area contributed by atoms with Crippen LogP contribution >= 0.6 is 35.0 Å². The van der Waals surface area contributed by atoms with Crippen LogP contribution in [-0.2, 0) is 28.3 Å². The van der Waals surface area contributed by atoms with Gasteiger partial charge in [0.25, 0.3) is 0 Å². The van der Waals surface area contributed by atoms with Crippen molar-refractivity contribution in [2.75, 3.05) is 12.9 Å². The van der Waals surface area contributed by atoms with Crippen LogP contribution in [0.25, 0.3) is 0 Å². The van der Waals surface area contributed by atoms with Crippen molar-refractivity contribution < 1.29 is 14.3 Å². The summed E-state index contributed by atoms with van der Waals surface area (Å²) in [5.74, 6) is 1.47. The third-order valence-corrected chi connectivity index (χ3v) is 8.56. The van der Waals surface area contributed by atoms with Crippen molar-refractivity contribution in [3.63, 3.8) is 0 Å². The normalized spacial score (nSPS) is 14.1. The highest BCUT2D eigenvalue weighted by molar-refractivity contribution is 7.99. The van der Waals surface area contributed by atoms with Crippen LogP contribution in [0.5, 0.6) is 5.75 Å². The molecule has 0 aliphatic heterocycles. The van der Waals surface area contributed by atoms with Crippen LogP contribution in [-0.4, -0.2) is 41.7 Å². The van der Waals surface area contributed by atoms with Gasteiger partial charge in [0, 0.05) is 34.8 Å². The van der Waals surface area contributed by atoms with E-state index in [-0.39, 0.29) is 30.2 Å². The lowest BCUT2D eigenvalue weighted by atomic mass is 10.0. The predicted molar refractivity (Wildman–Crippen MR) is 161 cm³/mol. The molecule has 0 saturated heterocycles. The Balaban J connectivity index is 1.57. The average molecular weight is 586 g/mol. The van der Waals surface area contributed by atoms with E-state index in [0.717, 1.165) is 48.1 Å². The molecule has 0 bridgehead atoms. The standard InChI is InChI=1S/C31H34Cl2N2O3S/c1-38-27-15-11-23(12-16-27)20-39-21-30(36)35(19-24-13-14-25(32)18-28(24)33)29(17-22-7-3-2-4-8-22)31(37)34-26-9-5-6-10-26/h2-4,7-8,11-16,18,26,29H,5-6,9-10,17,19-21H2,1H3,(H,34,37). The molecule has 1 aliphatic rings. The fourth-order valence-electron chi connectivity index (χ4n) is 4.82. The predicted octanol–water partition coefficient (Wildman–Crippen LogP) is 6.93. The minimum absolute atomic E-state index is 0.109. The van der Waals surface area contributed by atoms with Crippen LogP contribution in [0.3, 0.4) is 0 Å². The number of thioether (sulfide) groups is 1. The Kier molecular flexibility index (Phi) is 11.0. The smallest absolute Gasteiger partial charge is 0.243 e. The number of halogens is 2. The molecule has 3 aromatic carbocycles. The van der Waals surface area contributed by atoms with E-state index >= 15 is 0 Å². The molecule has 4 rings (SSSR count). The second-order valence-electron chi connectivity index (χ2n) is 9.79. The van der Waals surface area contributed by atoms with Crippen LogP contribution in [0.4, 0.5) is 0 Å². The molecule has 0 spiro atoms. The van der Waals surface area contributed by atoms with Gasteiger partial charge in [0.1, 0.15) is 11.8 Å². The van der Waals surface area contributed by atoms with Gasteiger partial charge in [-0.1, -0.05) is 84.6 Å². The lowest BCUT2D eigenvalue weighted by Crippen LogP contribution is -2.52. The van der Waals surface area contributed by atoms with Gasteiger partial charge in [0.2, 0.25) is 11.8 Å². The maximum Gasteiger partial charge on any atom is 0.243 e. The Morgan fingerprint density at radius 1 is 1.00 bits per heavy atom. The number of hydrogen-bond donors (Lipinski definition) is 1. The summed E-state index contributed by atoms with van der Waals surface area (Å²) < 4.78 is 5.24. The molecule has 1 unspecified atom stereocenters. The van der Waals surface area contributed by atoms with E-state index in [0.29, 0.717) is 22.2 Å². The van der Waals surface area contributed by atoms with Crippen LogP contribution < -0.4 is 10.1 Å². The molecule has 2 amide bonds. The number of carbonyl (C=O) groups is 2. The molecule has 1 fully saturated rings. The number of carbonyl (C=O) groups excluding carboxylic acids is 2. The largest absolute Gasteiger partial charge is 0.497 e. The number of methoxy groups -OCH3 is 1. The Morgan fingerprint density at radius 2 is 1.72 bits per heavy atom. The minimum atomic E-state index is -0.672. The molecular weight excluding hydrogens is 551 g/mol. The van der Waals surface area contributed by atoms with Crippen molar-refractivity contribution in [1.29, 1.82) is 0 Å². The van der Waals surface area contributed by atoms with E-state index in [1.54, 1.807) is 24.1 Å². The van der Waals surface area contributed by atoms with Crippen molar-refractivity contribution >= 4 is 46.8 Å². The van der Waals surface area contributed by atoms with Crippen molar-refractivity contribution in [1.82, 2.24) is 10.2 Å². The SMILES string of the molecule is COc1ccc(CSCC(=O)N(Cc2ccc(Cl)cc2Cl)C(Cc2ccccc2)C(=O)NC2CCCC2)cc1. The van der Waals surface area contributed by atoms with Gasteiger partial charge in [-0.25, -0.2) is 0 Å². The van der Waals surface area contributed by atoms with E-state index in [4.69, 9.17) is 27.9 Å². The zero-order valence-corrected chi connectivity index (χ0v) is 24.4. The molecule has 5 nitrogen and oxygen atoms in total. The first-order valence-corrected chi connectivity index (χ1v) is 15.1. The molecule has 3 aromatic rings. The van der Waals surface area contributed by atoms with Crippen molar-refractivity contribution in [3.05, 3.63) is 99.5 Å². The summed E-state index contributed by atoms with van der Waals surface area (Å²) in [5.41, 5.74) is 2.84. The number of nitrogens with zero attached hydrogens (tertiary/aromatic N) is 1. The van der Waals surface area contributed by atoms with Gasteiger partial charge < -0.3 is 15.0 Å². The highest BCUT2D eigenvalue weighted by Crippen LogP contribution is 2.26. The van der Waals surface area contributed by atoms with E-state index in [1.165, 1.54) is 11.8 Å². The lowest BCUT2D eigenvalue weighted by Gasteiger charge is -2.32. The minimum Gasteiger partial charge on any atom is -0.497 e. The van der Waals surface area contributed by atoms with Gasteiger partial charge in [-0.2, -0.15) is 0 Å². The van der Waals surface area contributed by atoms with Crippen LogP contribution in [0, 0.1) is 0 Å². The van der Waals surface area contributed by atoms with Crippen molar-refractivity contribution in [2.45, 2.75) is 56.5 Å². The number of nitrogens with one attached hydrogen (secondary N) is 1. The second-order valence-corrected chi connectivity index (χ2v) is 11.6. The summed E-state index contributed by atoms with van der Waals surface area (Å²) in [6.45, 7) is 0.216. The molecule has 1 saturated carbocycles. The molecule has 1 atom stereocenters. The van der Waals surface area contributed by atoms with Gasteiger partial charge >= 0.3 is 0 Å². The summed E-state index contributed by atoms with van der Waals surface area (Å²) in [5, 5.41) is 4.23. The quantitative estimate of drug-likeness (QED) is 0.250. The van der Waals surface area contributed by atoms with E-state index in [9.17, 15) is 9.59 Å². The summed E-state index contributed by atoms with van der Waals surface area (Å²) in [6.07, 6.45) is 4.58. The summed E-state index contributed by atoms with van der Waals surface area (Å²) >= 11 is 14.2. The Bertz CT molecular complexity index is 1230.